The molecule has 2 rings (SSSR count). The van der Waals surface area contributed by atoms with Gasteiger partial charge in [-0.15, -0.1) is 0 Å². The van der Waals surface area contributed by atoms with Crippen LogP contribution in [-0.4, -0.2) is 23.8 Å². The SMILES string of the molecule is COc1ccc(Cl)cc1NC(=O)CSc1ccc(C(F)(F)F)cn1. The Morgan fingerprint density at radius 2 is 2.08 bits per heavy atom. The topological polar surface area (TPSA) is 51.2 Å². The maximum Gasteiger partial charge on any atom is 0.417 e. The van der Waals surface area contributed by atoms with Gasteiger partial charge in [-0.25, -0.2) is 4.98 Å². The summed E-state index contributed by atoms with van der Waals surface area (Å²) in [7, 11) is 1.46. The van der Waals surface area contributed by atoms with Gasteiger partial charge in [-0.2, -0.15) is 13.2 Å². The van der Waals surface area contributed by atoms with Crippen LogP contribution in [0.5, 0.6) is 5.75 Å². The summed E-state index contributed by atoms with van der Waals surface area (Å²) in [5, 5.41) is 3.38. The fourth-order valence-corrected chi connectivity index (χ4v) is 2.55. The highest BCUT2D eigenvalue weighted by molar-refractivity contribution is 7.99. The molecule has 0 aliphatic heterocycles. The highest BCUT2D eigenvalue weighted by atomic mass is 35.5. The molecule has 1 heterocycles. The molecule has 0 radical (unpaired) electrons. The van der Waals surface area contributed by atoms with Crippen molar-refractivity contribution in [3.05, 3.63) is 47.1 Å². The van der Waals surface area contributed by atoms with Gasteiger partial charge in [0.25, 0.3) is 0 Å². The molecule has 0 saturated carbocycles. The van der Waals surface area contributed by atoms with Gasteiger partial charge in [0.15, 0.2) is 0 Å². The van der Waals surface area contributed by atoms with Crippen molar-refractivity contribution in [1.82, 2.24) is 4.98 Å². The molecule has 0 bridgehead atoms. The number of anilines is 1. The molecular formula is C15H12ClF3N2O2S. The number of hydrogen-bond acceptors (Lipinski definition) is 4. The lowest BCUT2D eigenvalue weighted by Gasteiger charge is -2.10. The molecule has 0 aliphatic carbocycles. The number of thioether (sulfide) groups is 1. The summed E-state index contributed by atoms with van der Waals surface area (Å²) >= 11 is 6.89. The number of carbonyl (C=O) groups excluding carboxylic acids is 1. The number of nitrogens with zero attached hydrogens (tertiary/aromatic N) is 1. The molecule has 1 amide bonds. The molecule has 1 aromatic carbocycles. The number of aromatic nitrogens is 1. The summed E-state index contributed by atoms with van der Waals surface area (Å²) in [5.41, 5.74) is -0.420. The zero-order valence-corrected chi connectivity index (χ0v) is 13.9. The molecule has 1 N–H and O–H groups in total. The summed E-state index contributed by atoms with van der Waals surface area (Å²) in [5.74, 6) is 0.0706. The van der Waals surface area contributed by atoms with Crippen molar-refractivity contribution in [3.8, 4) is 5.75 Å². The Balaban J connectivity index is 1.95. The second-order valence-corrected chi connectivity index (χ2v) is 6.00. The molecule has 0 unspecified atom stereocenters. The third kappa shape index (κ3) is 5.04. The molecule has 4 nitrogen and oxygen atoms in total. The van der Waals surface area contributed by atoms with Gasteiger partial charge in [-0.1, -0.05) is 23.4 Å². The number of halogens is 4. The van der Waals surface area contributed by atoms with E-state index in [4.69, 9.17) is 16.3 Å². The van der Waals surface area contributed by atoms with Gasteiger partial charge in [0.2, 0.25) is 5.91 Å². The lowest BCUT2D eigenvalue weighted by Crippen LogP contribution is -2.15. The Labute approximate surface area is 145 Å². The first-order chi connectivity index (χ1) is 11.3. The lowest BCUT2D eigenvalue weighted by molar-refractivity contribution is -0.137. The third-order valence-corrected chi connectivity index (χ3v) is 4.03. The van der Waals surface area contributed by atoms with Gasteiger partial charge in [0, 0.05) is 11.2 Å². The van der Waals surface area contributed by atoms with Gasteiger partial charge >= 0.3 is 6.18 Å². The minimum Gasteiger partial charge on any atom is -0.495 e. The number of rotatable bonds is 5. The normalized spacial score (nSPS) is 11.2. The van der Waals surface area contributed by atoms with E-state index in [2.05, 4.69) is 10.3 Å². The summed E-state index contributed by atoms with van der Waals surface area (Å²) in [6, 6.07) is 6.92. The van der Waals surface area contributed by atoms with Crippen molar-refractivity contribution in [2.45, 2.75) is 11.2 Å². The molecule has 0 fully saturated rings. The number of alkyl halides is 3. The predicted octanol–water partition coefficient (Wildman–Crippen LogP) is 4.49. The van der Waals surface area contributed by atoms with E-state index in [0.29, 0.717) is 21.5 Å². The second kappa shape index (κ2) is 7.76. The largest absolute Gasteiger partial charge is 0.495 e. The standard InChI is InChI=1S/C15H12ClF3N2O2S/c1-23-12-4-3-10(16)6-11(12)21-13(22)8-24-14-5-2-9(7-20-14)15(17,18)19/h2-7H,8H2,1H3,(H,21,22). The highest BCUT2D eigenvalue weighted by Crippen LogP contribution is 2.30. The van der Waals surface area contributed by atoms with E-state index in [-0.39, 0.29) is 11.7 Å². The van der Waals surface area contributed by atoms with E-state index in [1.54, 1.807) is 18.2 Å². The minimum absolute atomic E-state index is 0.0198. The summed E-state index contributed by atoms with van der Waals surface area (Å²) < 4.78 is 42.4. The van der Waals surface area contributed by atoms with Crippen LogP contribution in [-0.2, 0) is 11.0 Å². The van der Waals surface area contributed by atoms with Crippen LogP contribution in [0, 0.1) is 0 Å². The van der Waals surface area contributed by atoms with Gasteiger partial charge < -0.3 is 10.1 Å². The average molecular weight is 377 g/mol. The zero-order valence-electron chi connectivity index (χ0n) is 12.4. The van der Waals surface area contributed by atoms with Gasteiger partial charge in [-0.05, 0) is 30.3 Å². The number of nitrogens with one attached hydrogen (secondary N) is 1. The van der Waals surface area contributed by atoms with Crippen molar-refractivity contribution in [2.24, 2.45) is 0 Å². The molecule has 1 aromatic heterocycles. The first-order valence-electron chi connectivity index (χ1n) is 6.59. The minimum atomic E-state index is -4.43. The van der Waals surface area contributed by atoms with E-state index >= 15 is 0 Å². The third-order valence-electron chi connectivity index (χ3n) is 2.85. The number of methoxy groups -OCH3 is 1. The Morgan fingerprint density at radius 3 is 2.67 bits per heavy atom. The first kappa shape index (κ1) is 18.4. The maximum atomic E-state index is 12.4. The molecule has 0 atom stereocenters. The molecule has 0 aliphatic rings. The van der Waals surface area contributed by atoms with E-state index < -0.39 is 11.7 Å². The van der Waals surface area contributed by atoms with Crippen LogP contribution in [0.15, 0.2) is 41.6 Å². The Morgan fingerprint density at radius 1 is 1.33 bits per heavy atom. The molecule has 0 spiro atoms. The van der Waals surface area contributed by atoms with Crippen LogP contribution < -0.4 is 10.1 Å². The lowest BCUT2D eigenvalue weighted by atomic mass is 10.3. The van der Waals surface area contributed by atoms with E-state index in [9.17, 15) is 18.0 Å². The number of pyridine rings is 1. The van der Waals surface area contributed by atoms with Crippen LogP contribution in [0.2, 0.25) is 5.02 Å². The van der Waals surface area contributed by atoms with E-state index in [1.165, 1.54) is 13.2 Å². The van der Waals surface area contributed by atoms with Crippen molar-refractivity contribution in [1.29, 1.82) is 0 Å². The smallest absolute Gasteiger partial charge is 0.417 e. The summed E-state index contributed by atoms with van der Waals surface area (Å²) in [6.45, 7) is 0. The van der Waals surface area contributed by atoms with Crippen LogP contribution in [0.4, 0.5) is 18.9 Å². The van der Waals surface area contributed by atoms with Crippen LogP contribution >= 0.6 is 23.4 Å². The number of carbonyl (C=O) groups is 1. The van der Waals surface area contributed by atoms with Gasteiger partial charge in [0.05, 0.1) is 29.1 Å². The van der Waals surface area contributed by atoms with Gasteiger partial charge in [-0.3, -0.25) is 4.79 Å². The monoisotopic (exact) mass is 376 g/mol. The van der Waals surface area contributed by atoms with Crippen molar-refractivity contribution >= 4 is 35.0 Å². The first-order valence-corrected chi connectivity index (χ1v) is 7.95. The number of benzene rings is 1. The Hall–Kier alpha value is -1.93. The summed E-state index contributed by atoms with van der Waals surface area (Å²) in [4.78, 5) is 15.6. The van der Waals surface area contributed by atoms with Crippen molar-refractivity contribution < 1.29 is 22.7 Å². The fourth-order valence-electron chi connectivity index (χ4n) is 1.74. The van der Waals surface area contributed by atoms with E-state index in [1.807, 2.05) is 0 Å². The predicted molar refractivity (Wildman–Crippen MR) is 86.6 cm³/mol. The van der Waals surface area contributed by atoms with E-state index in [0.717, 1.165) is 24.0 Å². The van der Waals surface area contributed by atoms with Crippen LogP contribution in [0.25, 0.3) is 0 Å². The molecule has 24 heavy (non-hydrogen) atoms. The molecule has 128 valence electrons. The quantitative estimate of drug-likeness (QED) is 0.781. The Kier molecular flexibility index (Phi) is 5.95. The molecule has 2 aromatic rings. The summed E-state index contributed by atoms with van der Waals surface area (Å²) in [6.07, 6.45) is -3.70. The van der Waals surface area contributed by atoms with Crippen LogP contribution in [0.3, 0.4) is 0 Å². The average Bonchev–Trinajstić information content (AvgIpc) is 2.53. The number of hydrogen-bond donors (Lipinski definition) is 1. The Bertz CT molecular complexity index is 724. The van der Waals surface area contributed by atoms with Crippen molar-refractivity contribution in [2.75, 3.05) is 18.2 Å². The fraction of sp³-hybridized carbons (Fsp3) is 0.200. The number of ether oxygens (including phenoxy) is 1. The molecule has 9 heteroatoms. The van der Waals surface area contributed by atoms with Crippen LogP contribution in [0.1, 0.15) is 5.56 Å². The zero-order chi connectivity index (χ0) is 17.7. The second-order valence-electron chi connectivity index (χ2n) is 4.56. The highest BCUT2D eigenvalue weighted by Gasteiger charge is 2.30. The maximum absolute atomic E-state index is 12.4. The molecular weight excluding hydrogens is 365 g/mol. The van der Waals surface area contributed by atoms with Gasteiger partial charge in [0.1, 0.15) is 5.75 Å². The number of amides is 1. The molecule has 0 saturated heterocycles. The van der Waals surface area contributed by atoms with Crippen molar-refractivity contribution in [3.63, 3.8) is 0 Å².